The van der Waals surface area contributed by atoms with E-state index >= 15 is 0 Å². The molecule has 3 aromatic carbocycles. The van der Waals surface area contributed by atoms with Crippen LogP contribution in [-0.4, -0.2) is 44.7 Å². The lowest BCUT2D eigenvalue weighted by Gasteiger charge is -2.31. The molecule has 0 aromatic heterocycles. The molecule has 1 saturated heterocycles. The summed E-state index contributed by atoms with van der Waals surface area (Å²) in [7, 11) is 0. The summed E-state index contributed by atoms with van der Waals surface area (Å²) in [4.78, 5) is 27.3. The molecule has 1 aliphatic rings. The lowest BCUT2D eigenvalue weighted by atomic mass is 10.1. The summed E-state index contributed by atoms with van der Waals surface area (Å²) >= 11 is 0. The summed E-state index contributed by atoms with van der Waals surface area (Å²) in [6.45, 7) is 1.32. The van der Waals surface area contributed by atoms with E-state index in [1.807, 2.05) is 11.0 Å². The maximum Gasteiger partial charge on any atom is 0.416 e. The van der Waals surface area contributed by atoms with Gasteiger partial charge in [0.15, 0.2) is 6.61 Å². The van der Waals surface area contributed by atoms with E-state index in [-0.39, 0.29) is 17.0 Å². The van der Waals surface area contributed by atoms with E-state index in [9.17, 15) is 22.8 Å². The van der Waals surface area contributed by atoms with Crippen molar-refractivity contribution in [1.29, 1.82) is 0 Å². The van der Waals surface area contributed by atoms with Gasteiger partial charge in [-0.1, -0.05) is 30.3 Å². The second-order valence-electron chi connectivity index (χ2n) is 7.98. The molecule has 4 rings (SSSR count). The van der Waals surface area contributed by atoms with Crippen LogP contribution in [0.3, 0.4) is 0 Å². The number of amides is 2. The minimum Gasteiger partial charge on any atom is -0.483 e. The van der Waals surface area contributed by atoms with Crippen LogP contribution in [0.5, 0.6) is 5.75 Å². The molecule has 0 bridgehead atoms. The maximum atomic E-state index is 13.3. The summed E-state index contributed by atoms with van der Waals surface area (Å²) in [5.41, 5.74) is 0.411. The van der Waals surface area contributed by atoms with Gasteiger partial charge in [-0.3, -0.25) is 9.59 Å². The zero-order valence-electron chi connectivity index (χ0n) is 19.2. The number of para-hydroxylation sites is 2. The third-order valence-corrected chi connectivity index (χ3v) is 5.47. The standard InChI is InChI=1S/C26H24F3N3O4/c27-26(28,29)18-10-11-22(32-12-14-35-15-13-32)21(16-18)31-24(33)17-36-23-9-5-4-8-20(23)25(34)30-19-6-2-1-3-7-19/h1-11,16H,12-15,17H2,(H,30,34)(H,31,33). The van der Waals surface area contributed by atoms with Gasteiger partial charge in [-0.25, -0.2) is 0 Å². The average molecular weight is 499 g/mol. The number of carbonyl (C=O) groups excluding carboxylic acids is 2. The van der Waals surface area contributed by atoms with E-state index in [2.05, 4.69) is 10.6 Å². The van der Waals surface area contributed by atoms with Crippen LogP contribution >= 0.6 is 0 Å². The zero-order chi connectivity index (χ0) is 25.5. The topological polar surface area (TPSA) is 79.9 Å². The molecule has 10 heteroatoms. The Balaban J connectivity index is 1.47. The first-order chi connectivity index (χ1) is 17.3. The number of benzene rings is 3. The first-order valence-corrected chi connectivity index (χ1v) is 11.2. The monoisotopic (exact) mass is 499 g/mol. The van der Waals surface area contributed by atoms with Crippen molar-refractivity contribution in [3.05, 3.63) is 83.9 Å². The third kappa shape index (κ3) is 6.33. The molecule has 188 valence electrons. The number of halogens is 3. The van der Waals surface area contributed by atoms with Crippen molar-refractivity contribution in [3.63, 3.8) is 0 Å². The summed E-state index contributed by atoms with van der Waals surface area (Å²) in [6, 6.07) is 18.5. The van der Waals surface area contributed by atoms with Crippen LogP contribution in [0.2, 0.25) is 0 Å². The van der Waals surface area contributed by atoms with E-state index in [0.717, 1.165) is 12.1 Å². The first kappa shape index (κ1) is 25.1. The second-order valence-corrected chi connectivity index (χ2v) is 7.98. The molecule has 2 N–H and O–H groups in total. The van der Waals surface area contributed by atoms with Crippen molar-refractivity contribution in [3.8, 4) is 5.75 Å². The minimum atomic E-state index is -4.56. The molecule has 0 atom stereocenters. The summed E-state index contributed by atoms with van der Waals surface area (Å²) in [5, 5.41) is 5.28. The Kier molecular flexibility index (Phi) is 7.74. The molecule has 0 saturated carbocycles. The number of anilines is 3. The largest absolute Gasteiger partial charge is 0.483 e. The summed E-state index contributed by atoms with van der Waals surface area (Å²) in [6.07, 6.45) is -4.56. The van der Waals surface area contributed by atoms with Crippen LogP contribution in [0.15, 0.2) is 72.8 Å². The van der Waals surface area contributed by atoms with Crippen molar-refractivity contribution >= 4 is 28.9 Å². The van der Waals surface area contributed by atoms with Gasteiger partial charge >= 0.3 is 6.18 Å². The van der Waals surface area contributed by atoms with E-state index in [1.165, 1.54) is 12.1 Å². The Hall–Kier alpha value is -4.05. The number of rotatable bonds is 7. The Morgan fingerprint density at radius 3 is 2.33 bits per heavy atom. The Morgan fingerprint density at radius 1 is 0.917 bits per heavy atom. The van der Waals surface area contributed by atoms with Crippen molar-refractivity contribution in [2.45, 2.75) is 6.18 Å². The van der Waals surface area contributed by atoms with Crippen LogP contribution in [0, 0.1) is 0 Å². The third-order valence-electron chi connectivity index (χ3n) is 5.47. The quantitative estimate of drug-likeness (QED) is 0.488. The molecule has 0 aliphatic carbocycles. The molecule has 7 nitrogen and oxygen atoms in total. The van der Waals surface area contributed by atoms with Crippen molar-refractivity contribution in [2.24, 2.45) is 0 Å². The number of hydrogen-bond acceptors (Lipinski definition) is 5. The fourth-order valence-electron chi connectivity index (χ4n) is 3.72. The van der Waals surface area contributed by atoms with Crippen molar-refractivity contribution in [1.82, 2.24) is 0 Å². The van der Waals surface area contributed by atoms with Gasteiger partial charge in [-0.15, -0.1) is 0 Å². The predicted octanol–water partition coefficient (Wildman–Crippen LogP) is 4.81. The first-order valence-electron chi connectivity index (χ1n) is 11.2. The molecule has 36 heavy (non-hydrogen) atoms. The number of ether oxygens (including phenoxy) is 2. The van der Waals surface area contributed by atoms with Gasteiger partial charge in [-0.2, -0.15) is 13.2 Å². The normalized spacial score (nSPS) is 13.7. The van der Waals surface area contributed by atoms with Gasteiger partial charge in [0.05, 0.1) is 35.7 Å². The van der Waals surface area contributed by atoms with E-state index in [0.29, 0.717) is 37.7 Å². The predicted molar refractivity (Wildman–Crippen MR) is 129 cm³/mol. The molecule has 2 amide bonds. The number of morpholine rings is 1. The van der Waals surface area contributed by atoms with Gasteiger partial charge in [0.25, 0.3) is 11.8 Å². The van der Waals surface area contributed by atoms with Crippen molar-refractivity contribution < 1.29 is 32.2 Å². The molecule has 1 aliphatic heterocycles. The van der Waals surface area contributed by atoms with Gasteiger partial charge in [0, 0.05) is 18.8 Å². The van der Waals surface area contributed by atoms with E-state index < -0.39 is 30.2 Å². The molecule has 0 spiro atoms. The van der Waals surface area contributed by atoms with Crippen LogP contribution in [-0.2, 0) is 15.7 Å². The highest BCUT2D eigenvalue weighted by atomic mass is 19.4. The second kappa shape index (κ2) is 11.1. The van der Waals surface area contributed by atoms with Crippen molar-refractivity contribution in [2.75, 3.05) is 48.4 Å². The fraction of sp³-hybridized carbons (Fsp3) is 0.231. The molecule has 1 heterocycles. The Morgan fingerprint density at radius 2 is 1.61 bits per heavy atom. The summed E-state index contributed by atoms with van der Waals surface area (Å²) in [5.74, 6) is -0.926. The zero-order valence-corrected chi connectivity index (χ0v) is 19.2. The lowest BCUT2D eigenvalue weighted by molar-refractivity contribution is -0.137. The van der Waals surface area contributed by atoms with Gasteiger partial charge in [0.2, 0.25) is 0 Å². The highest BCUT2D eigenvalue weighted by Gasteiger charge is 2.32. The molecule has 0 radical (unpaired) electrons. The average Bonchev–Trinajstić information content (AvgIpc) is 2.88. The molecule has 3 aromatic rings. The Labute approximate surface area is 205 Å². The van der Waals surface area contributed by atoms with Crippen LogP contribution in [0.4, 0.5) is 30.2 Å². The van der Waals surface area contributed by atoms with Gasteiger partial charge in [0.1, 0.15) is 5.75 Å². The fourth-order valence-corrected chi connectivity index (χ4v) is 3.72. The SMILES string of the molecule is O=C(COc1ccccc1C(=O)Nc1ccccc1)Nc1cc(C(F)(F)F)ccc1N1CCOCC1. The molecule has 1 fully saturated rings. The lowest BCUT2D eigenvalue weighted by Crippen LogP contribution is -2.37. The van der Waals surface area contributed by atoms with Crippen LogP contribution < -0.4 is 20.3 Å². The minimum absolute atomic E-state index is 0.0235. The Bertz CT molecular complexity index is 1210. The maximum absolute atomic E-state index is 13.3. The highest BCUT2D eigenvalue weighted by molar-refractivity contribution is 6.06. The number of hydrogen-bond donors (Lipinski definition) is 2. The van der Waals surface area contributed by atoms with Gasteiger partial charge < -0.3 is 25.0 Å². The smallest absolute Gasteiger partial charge is 0.416 e. The number of alkyl halides is 3. The molecule has 0 unspecified atom stereocenters. The van der Waals surface area contributed by atoms with Crippen LogP contribution in [0.25, 0.3) is 0 Å². The van der Waals surface area contributed by atoms with Gasteiger partial charge in [-0.05, 0) is 42.5 Å². The number of carbonyl (C=O) groups is 2. The number of nitrogens with one attached hydrogen (secondary N) is 2. The van der Waals surface area contributed by atoms with E-state index in [4.69, 9.17) is 9.47 Å². The van der Waals surface area contributed by atoms with E-state index in [1.54, 1.807) is 42.5 Å². The number of nitrogens with zero attached hydrogens (tertiary/aromatic N) is 1. The van der Waals surface area contributed by atoms with Crippen LogP contribution in [0.1, 0.15) is 15.9 Å². The molecular formula is C26H24F3N3O4. The molecular weight excluding hydrogens is 475 g/mol. The highest BCUT2D eigenvalue weighted by Crippen LogP contribution is 2.35. The summed E-state index contributed by atoms with van der Waals surface area (Å²) < 4.78 is 50.8.